The van der Waals surface area contributed by atoms with Crippen molar-refractivity contribution in [3.63, 3.8) is 0 Å². The molecule has 1 aliphatic heterocycles. The Morgan fingerprint density at radius 2 is 2.13 bits per heavy atom. The molecule has 162 valence electrons. The molecule has 0 bridgehead atoms. The van der Waals surface area contributed by atoms with E-state index in [4.69, 9.17) is 14.9 Å². The third-order valence-electron chi connectivity index (χ3n) is 4.86. The monoisotopic (exact) mass is 429 g/mol. The quantitative estimate of drug-likeness (QED) is 0.641. The van der Waals surface area contributed by atoms with Crippen LogP contribution in [0.1, 0.15) is 38.1 Å². The van der Waals surface area contributed by atoms with Crippen molar-refractivity contribution in [1.82, 2.24) is 4.90 Å². The van der Waals surface area contributed by atoms with Crippen LogP contribution in [0.25, 0.3) is 0 Å². The van der Waals surface area contributed by atoms with Gasteiger partial charge >= 0.3 is 6.09 Å². The first-order chi connectivity index (χ1) is 14.3. The Morgan fingerprint density at radius 3 is 2.80 bits per heavy atom. The molecule has 0 radical (unpaired) electrons. The molecule has 3 rings (SSSR count). The number of rotatable bonds is 7. The number of amides is 1. The molecule has 1 N–H and O–H groups in total. The Balaban J connectivity index is 1.64. The predicted molar refractivity (Wildman–Crippen MR) is 122 cm³/mol. The van der Waals surface area contributed by atoms with Crippen molar-refractivity contribution >= 4 is 28.8 Å². The average Bonchev–Trinajstić information content (AvgIpc) is 3.22. The van der Waals surface area contributed by atoms with Crippen LogP contribution in [-0.4, -0.2) is 55.1 Å². The molecule has 0 saturated heterocycles. The van der Waals surface area contributed by atoms with E-state index in [-0.39, 0.29) is 6.09 Å². The van der Waals surface area contributed by atoms with E-state index in [0.717, 1.165) is 28.4 Å². The van der Waals surface area contributed by atoms with Gasteiger partial charge in [0.1, 0.15) is 18.0 Å². The van der Waals surface area contributed by atoms with Gasteiger partial charge in [-0.05, 0) is 56.8 Å². The highest BCUT2D eigenvalue weighted by molar-refractivity contribution is 7.12. The molecular weight excluding hydrogens is 398 g/mol. The highest BCUT2D eigenvalue weighted by atomic mass is 32.1. The van der Waals surface area contributed by atoms with Crippen molar-refractivity contribution in [1.29, 1.82) is 5.41 Å². The highest BCUT2D eigenvalue weighted by Gasteiger charge is 2.23. The van der Waals surface area contributed by atoms with E-state index in [2.05, 4.69) is 17.0 Å². The number of hydrogen-bond acceptors (Lipinski definition) is 6. The zero-order valence-corrected chi connectivity index (χ0v) is 19.1. The summed E-state index contributed by atoms with van der Waals surface area (Å²) in [5, 5.41) is 10.3. The molecule has 1 aromatic heterocycles. The van der Waals surface area contributed by atoms with Crippen LogP contribution in [0.4, 0.5) is 10.5 Å². The number of carbonyl (C=O) groups is 1. The Kier molecular flexibility index (Phi) is 7.02. The second kappa shape index (κ2) is 9.51. The minimum atomic E-state index is -0.497. The van der Waals surface area contributed by atoms with Crippen molar-refractivity contribution in [3.05, 3.63) is 46.2 Å². The fraction of sp³-hybridized carbons (Fsp3) is 0.478. The maximum atomic E-state index is 12.4. The number of hydrogen-bond donors (Lipinski definition) is 1. The maximum absolute atomic E-state index is 12.4. The topological polar surface area (TPSA) is 65.9 Å². The first-order valence-electron chi connectivity index (χ1n) is 10.4. The van der Waals surface area contributed by atoms with Gasteiger partial charge in [0.2, 0.25) is 0 Å². The van der Waals surface area contributed by atoms with E-state index in [1.54, 1.807) is 16.2 Å². The lowest BCUT2D eigenvalue weighted by Gasteiger charge is -2.34. The van der Waals surface area contributed by atoms with Crippen molar-refractivity contribution in [2.75, 3.05) is 37.7 Å². The van der Waals surface area contributed by atoms with Gasteiger partial charge in [-0.2, -0.15) is 0 Å². The molecule has 7 heteroatoms. The lowest BCUT2D eigenvalue weighted by Crippen LogP contribution is -2.43. The summed E-state index contributed by atoms with van der Waals surface area (Å²) in [7, 11) is 0. The van der Waals surface area contributed by atoms with Crippen LogP contribution in [-0.2, 0) is 11.2 Å². The van der Waals surface area contributed by atoms with Crippen LogP contribution < -0.4 is 9.64 Å². The summed E-state index contributed by atoms with van der Waals surface area (Å²) in [5.74, 6) is 0.845. The molecule has 2 heterocycles. The molecule has 0 aliphatic carbocycles. The zero-order valence-electron chi connectivity index (χ0n) is 18.2. The van der Waals surface area contributed by atoms with Gasteiger partial charge in [-0.1, -0.05) is 12.1 Å². The summed E-state index contributed by atoms with van der Waals surface area (Å²) in [6, 6.07) is 10.1. The molecule has 6 nitrogen and oxygen atoms in total. The smallest absolute Gasteiger partial charge is 0.410 e. The van der Waals surface area contributed by atoms with Crippen LogP contribution in [0.15, 0.2) is 35.7 Å². The minimum absolute atomic E-state index is 0.277. The second-order valence-electron chi connectivity index (χ2n) is 8.33. The van der Waals surface area contributed by atoms with Crippen molar-refractivity contribution < 1.29 is 14.3 Å². The van der Waals surface area contributed by atoms with Gasteiger partial charge in [0.25, 0.3) is 0 Å². The fourth-order valence-corrected chi connectivity index (χ4v) is 4.03. The minimum Gasteiger partial charge on any atom is -0.490 e. The van der Waals surface area contributed by atoms with Gasteiger partial charge in [-0.25, -0.2) is 4.79 Å². The number of likely N-dealkylation sites (N-methyl/N-ethyl adjacent to an activating group) is 1. The molecule has 0 unspecified atom stereocenters. The highest BCUT2D eigenvalue weighted by Crippen LogP contribution is 2.33. The number of carbonyl (C=O) groups excluding carboxylic acids is 1. The molecule has 1 amide bonds. The second-order valence-corrected chi connectivity index (χ2v) is 9.28. The molecular formula is C23H31N3O3S. The largest absolute Gasteiger partial charge is 0.490 e. The molecule has 2 aromatic rings. The van der Waals surface area contributed by atoms with Crippen LogP contribution in [0.5, 0.6) is 5.75 Å². The normalized spacial score (nSPS) is 13.4. The van der Waals surface area contributed by atoms with Gasteiger partial charge in [-0.3, -0.25) is 0 Å². The molecule has 30 heavy (non-hydrogen) atoms. The van der Waals surface area contributed by atoms with Gasteiger partial charge in [0.05, 0.1) is 17.9 Å². The van der Waals surface area contributed by atoms with Gasteiger partial charge in [0.15, 0.2) is 0 Å². The number of anilines is 1. The van der Waals surface area contributed by atoms with Crippen LogP contribution in [0.2, 0.25) is 0 Å². The predicted octanol–water partition coefficient (Wildman–Crippen LogP) is 4.81. The molecule has 0 saturated carbocycles. The SMILES string of the molecule is CCN(CCN1CCOc2cc(CC(=N)c3cccs3)ccc21)C(=O)OC(C)(C)C. The Labute approximate surface area is 182 Å². The van der Waals surface area contributed by atoms with E-state index >= 15 is 0 Å². The summed E-state index contributed by atoms with van der Waals surface area (Å²) in [6.07, 6.45) is 0.306. The molecule has 1 aromatic carbocycles. The molecule has 0 atom stereocenters. The van der Waals surface area contributed by atoms with E-state index < -0.39 is 5.60 Å². The number of ether oxygens (including phenoxy) is 2. The number of nitrogens with one attached hydrogen (secondary N) is 1. The lowest BCUT2D eigenvalue weighted by molar-refractivity contribution is 0.0265. The van der Waals surface area contributed by atoms with Crippen LogP contribution in [0, 0.1) is 5.41 Å². The number of fused-ring (bicyclic) bond motifs is 1. The molecule has 0 fully saturated rings. The van der Waals surface area contributed by atoms with Gasteiger partial charge in [-0.15, -0.1) is 11.3 Å². The number of thiophene rings is 1. The van der Waals surface area contributed by atoms with Crippen LogP contribution >= 0.6 is 11.3 Å². The molecule has 1 aliphatic rings. The van der Waals surface area contributed by atoms with E-state index in [1.807, 2.05) is 51.3 Å². The summed E-state index contributed by atoms with van der Waals surface area (Å²) in [6.45, 7) is 10.9. The first kappa shape index (κ1) is 22.2. The lowest BCUT2D eigenvalue weighted by atomic mass is 10.1. The van der Waals surface area contributed by atoms with Crippen LogP contribution in [0.3, 0.4) is 0 Å². The summed E-state index contributed by atoms with van der Waals surface area (Å²) in [5.41, 5.74) is 2.22. The summed E-state index contributed by atoms with van der Waals surface area (Å²) in [4.78, 5) is 17.4. The van der Waals surface area contributed by atoms with E-state index in [0.29, 0.717) is 38.4 Å². The third-order valence-corrected chi connectivity index (χ3v) is 5.79. The molecule has 0 spiro atoms. The maximum Gasteiger partial charge on any atom is 0.410 e. The number of benzene rings is 1. The fourth-order valence-electron chi connectivity index (χ4n) is 3.35. The third kappa shape index (κ3) is 5.75. The van der Waals surface area contributed by atoms with Crippen molar-refractivity contribution in [2.24, 2.45) is 0 Å². The van der Waals surface area contributed by atoms with E-state index in [1.165, 1.54) is 0 Å². The summed E-state index contributed by atoms with van der Waals surface area (Å²) >= 11 is 1.59. The van der Waals surface area contributed by atoms with Crippen molar-refractivity contribution in [2.45, 2.75) is 39.7 Å². The average molecular weight is 430 g/mol. The standard InChI is InChI=1S/C23H31N3O3S/c1-5-25(22(27)29-23(2,3)4)10-11-26-12-13-28-20-16-17(8-9-19(20)26)15-18(24)21-7-6-14-30-21/h6-9,14,16,24H,5,10-13,15H2,1-4H3. The Bertz CT molecular complexity index is 874. The number of nitrogens with zero attached hydrogens (tertiary/aromatic N) is 2. The van der Waals surface area contributed by atoms with Gasteiger partial charge in [0, 0.05) is 30.9 Å². The zero-order chi connectivity index (χ0) is 21.7. The first-order valence-corrected chi connectivity index (χ1v) is 11.2. The van der Waals surface area contributed by atoms with Crippen molar-refractivity contribution in [3.8, 4) is 5.75 Å². The Hall–Kier alpha value is -2.54. The van der Waals surface area contributed by atoms with Gasteiger partial charge < -0.3 is 24.7 Å². The summed E-state index contributed by atoms with van der Waals surface area (Å²) < 4.78 is 11.4. The Morgan fingerprint density at radius 1 is 1.33 bits per heavy atom. The van der Waals surface area contributed by atoms with E-state index in [9.17, 15) is 4.79 Å².